The van der Waals surface area contributed by atoms with Crippen molar-refractivity contribution in [2.75, 3.05) is 0 Å². The van der Waals surface area contributed by atoms with E-state index in [0.717, 1.165) is 0 Å². The third-order valence-corrected chi connectivity index (χ3v) is 13.9. The molecule has 10 aromatic carbocycles. The maximum atomic E-state index is 2.48. The molecule has 2 unspecified atom stereocenters. The minimum absolute atomic E-state index is 0.472. The van der Waals surface area contributed by atoms with Gasteiger partial charge in [0.1, 0.15) is 0 Å². The van der Waals surface area contributed by atoms with Crippen LogP contribution in [0.3, 0.4) is 0 Å². The van der Waals surface area contributed by atoms with Crippen LogP contribution in [-0.4, -0.2) is 4.57 Å². The van der Waals surface area contributed by atoms with Gasteiger partial charge in [0.2, 0.25) is 0 Å². The molecule has 0 N–H and O–H groups in total. The SMILES string of the molecule is c1ccc(C2(c3cccc(-c4ccc5c(c4)c4ccccc4n5-c4ccc5ccccc5c4)c3)c3ccccc3C3(c4ccccc4)c4ccccc4-c4cccc2c43)cc1. The monoisotopic (exact) mass is 773 g/mol. The molecule has 0 saturated carbocycles. The van der Waals surface area contributed by atoms with Gasteiger partial charge < -0.3 is 4.57 Å². The van der Waals surface area contributed by atoms with Gasteiger partial charge in [-0.25, -0.2) is 0 Å². The number of benzene rings is 10. The van der Waals surface area contributed by atoms with Gasteiger partial charge in [-0.1, -0.05) is 200 Å². The third kappa shape index (κ3) is 4.55. The Kier molecular flexibility index (Phi) is 7.21. The predicted molar refractivity (Wildman–Crippen MR) is 253 cm³/mol. The summed E-state index contributed by atoms with van der Waals surface area (Å²) in [6.45, 7) is 0. The lowest BCUT2D eigenvalue weighted by molar-refractivity contribution is 0.627. The van der Waals surface area contributed by atoms with E-state index in [1.54, 1.807) is 0 Å². The van der Waals surface area contributed by atoms with Crippen LogP contribution >= 0.6 is 0 Å². The highest BCUT2D eigenvalue weighted by molar-refractivity contribution is 6.10. The molecule has 13 rings (SSSR count). The Bertz CT molecular complexity index is 3540. The van der Waals surface area contributed by atoms with E-state index in [4.69, 9.17) is 0 Å². The molecule has 1 nitrogen and oxygen atoms in total. The maximum Gasteiger partial charge on any atom is 0.0720 e. The van der Waals surface area contributed by atoms with E-state index in [2.05, 4.69) is 241 Å². The van der Waals surface area contributed by atoms with Crippen LogP contribution in [0.2, 0.25) is 0 Å². The fourth-order valence-electron chi connectivity index (χ4n) is 11.5. The van der Waals surface area contributed by atoms with Crippen LogP contribution in [0, 0.1) is 0 Å². The van der Waals surface area contributed by atoms with Crippen molar-refractivity contribution in [2.45, 2.75) is 10.8 Å². The van der Waals surface area contributed by atoms with Gasteiger partial charge in [-0.3, -0.25) is 0 Å². The minimum atomic E-state index is -0.601. The first kappa shape index (κ1) is 34.2. The molecule has 0 aliphatic heterocycles. The number of hydrogen-bond acceptors (Lipinski definition) is 0. The number of fused-ring (bicyclic) bond motifs is 9. The molecule has 0 saturated heterocycles. The molecule has 1 heterocycles. The number of rotatable bonds is 5. The van der Waals surface area contributed by atoms with Crippen LogP contribution in [0.15, 0.2) is 237 Å². The smallest absolute Gasteiger partial charge is 0.0720 e. The van der Waals surface area contributed by atoms with Crippen molar-refractivity contribution < 1.29 is 0 Å². The van der Waals surface area contributed by atoms with Crippen LogP contribution in [0.5, 0.6) is 0 Å². The second-order valence-corrected chi connectivity index (χ2v) is 16.7. The molecule has 0 radical (unpaired) electrons. The average Bonchev–Trinajstić information content (AvgIpc) is 3.84. The molecule has 0 bridgehead atoms. The highest BCUT2D eigenvalue weighted by Crippen LogP contribution is 2.65. The first-order chi connectivity index (χ1) is 30.3. The van der Waals surface area contributed by atoms with Gasteiger partial charge in [0, 0.05) is 16.5 Å². The second-order valence-electron chi connectivity index (χ2n) is 16.7. The Balaban J connectivity index is 1.07. The van der Waals surface area contributed by atoms with Crippen LogP contribution in [0.1, 0.15) is 44.5 Å². The Morgan fingerprint density at radius 3 is 1.69 bits per heavy atom. The summed E-state index contributed by atoms with van der Waals surface area (Å²) in [5.41, 5.74) is 18.1. The van der Waals surface area contributed by atoms with Gasteiger partial charge in [0.05, 0.1) is 21.9 Å². The Morgan fingerprint density at radius 1 is 0.295 bits per heavy atom. The summed E-state index contributed by atoms with van der Waals surface area (Å²) in [6, 6.07) is 88.7. The van der Waals surface area contributed by atoms with Crippen LogP contribution in [0.25, 0.3) is 60.5 Å². The minimum Gasteiger partial charge on any atom is -0.309 e. The normalized spacial score (nSPS) is 17.3. The Labute approximate surface area is 355 Å². The lowest BCUT2D eigenvalue weighted by Gasteiger charge is -2.49. The zero-order valence-electron chi connectivity index (χ0n) is 33.5. The molecule has 1 heteroatoms. The van der Waals surface area contributed by atoms with Crippen LogP contribution < -0.4 is 0 Å². The zero-order valence-corrected chi connectivity index (χ0v) is 33.5. The van der Waals surface area contributed by atoms with E-state index in [-0.39, 0.29) is 0 Å². The molecule has 1 aromatic heterocycles. The second kappa shape index (κ2) is 12.9. The summed E-state index contributed by atoms with van der Waals surface area (Å²) in [7, 11) is 0. The summed E-state index contributed by atoms with van der Waals surface area (Å²) < 4.78 is 2.42. The summed E-state index contributed by atoms with van der Waals surface area (Å²) in [6.07, 6.45) is 0. The number of aromatic nitrogens is 1. The standard InChI is InChI=1S/C60H39N/c1-3-20-44(21-4-1)59(53-29-12-13-30-54(53)60(45-22-5-2-6-23-45)52-28-11-9-25-48(52)50-27-16-31-55(59)58(50)60)46-24-15-19-41(37-46)43-34-36-57-51(39-43)49-26-10-14-32-56(49)61(57)47-35-33-40-17-7-8-18-42(40)38-47/h1-39H. The number of para-hydroxylation sites is 1. The number of nitrogens with zero attached hydrogens (tertiary/aromatic N) is 1. The molecule has 2 aliphatic carbocycles. The van der Waals surface area contributed by atoms with Gasteiger partial charge in [-0.15, -0.1) is 0 Å². The van der Waals surface area contributed by atoms with Crippen molar-refractivity contribution in [3.63, 3.8) is 0 Å². The van der Waals surface area contributed by atoms with Crippen molar-refractivity contribution >= 4 is 32.6 Å². The van der Waals surface area contributed by atoms with Gasteiger partial charge in [0.15, 0.2) is 0 Å². The molecule has 284 valence electrons. The van der Waals surface area contributed by atoms with Gasteiger partial charge in [-0.2, -0.15) is 0 Å². The van der Waals surface area contributed by atoms with E-state index in [0.29, 0.717) is 0 Å². The van der Waals surface area contributed by atoms with E-state index in [1.807, 2.05) is 0 Å². The Morgan fingerprint density at radius 2 is 0.869 bits per heavy atom. The molecule has 11 aromatic rings. The molecular formula is C60H39N. The lowest BCUT2D eigenvalue weighted by atomic mass is 9.51. The molecular weight excluding hydrogens is 735 g/mol. The van der Waals surface area contributed by atoms with E-state index in [9.17, 15) is 0 Å². The van der Waals surface area contributed by atoms with Crippen LogP contribution in [0.4, 0.5) is 0 Å². The summed E-state index contributed by atoms with van der Waals surface area (Å²) >= 11 is 0. The van der Waals surface area contributed by atoms with Crippen molar-refractivity contribution in [3.05, 3.63) is 281 Å². The third-order valence-electron chi connectivity index (χ3n) is 13.9. The van der Waals surface area contributed by atoms with E-state index >= 15 is 0 Å². The quantitative estimate of drug-likeness (QED) is 0.164. The average molecular weight is 774 g/mol. The van der Waals surface area contributed by atoms with Gasteiger partial charge in [-0.05, 0) is 114 Å². The maximum absolute atomic E-state index is 2.48. The van der Waals surface area contributed by atoms with Gasteiger partial charge in [0.25, 0.3) is 0 Å². The molecule has 2 aliphatic rings. The summed E-state index contributed by atoms with van der Waals surface area (Å²) in [4.78, 5) is 0. The first-order valence-corrected chi connectivity index (χ1v) is 21.3. The molecule has 0 fully saturated rings. The van der Waals surface area contributed by atoms with Gasteiger partial charge >= 0.3 is 0 Å². The summed E-state index contributed by atoms with van der Waals surface area (Å²) in [5.74, 6) is 0. The topological polar surface area (TPSA) is 4.93 Å². The zero-order chi connectivity index (χ0) is 40.1. The highest BCUT2D eigenvalue weighted by atomic mass is 15.0. The predicted octanol–water partition coefficient (Wildman–Crippen LogP) is 14.7. The van der Waals surface area contributed by atoms with Crippen molar-refractivity contribution in [3.8, 4) is 27.9 Å². The molecule has 2 atom stereocenters. The fraction of sp³-hybridized carbons (Fsp3) is 0.0333. The van der Waals surface area contributed by atoms with E-state index in [1.165, 1.54) is 105 Å². The number of hydrogen-bond donors (Lipinski definition) is 0. The molecule has 0 spiro atoms. The van der Waals surface area contributed by atoms with Crippen molar-refractivity contribution in [1.82, 2.24) is 4.57 Å². The summed E-state index contributed by atoms with van der Waals surface area (Å²) in [5, 5.41) is 4.99. The van der Waals surface area contributed by atoms with E-state index < -0.39 is 10.8 Å². The first-order valence-electron chi connectivity index (χ1n) is 21.3. The molecule has 0 amide bonds. The lowest BCUT2D eigenvalue weighted by Crippen LogP contribution is -2.44. The Hall–Kier alpha value is -7.74. The highest BCUT2D eigenvalue weighted by Gasteiger charge is 2.57. The van der Waals surface area contributed by atoms with Crippen LogP contribution in [-0.2, 0) is 10.8 Å². The fourth-order valence-corrected chi connectivity index (χ4v) is 11.5. The van der Waals surface area contributed by atoms with Crippen molar-refractivity contribution in [1.29, 1.82) is 0 Å². The van der Waals surface area contributed by atoms with Crippen molar-refractivity contribution in [2.24, 2.45) is 0 Å². The largest absolute Gasteiger partial charge is 0.309 e. The molecule has 61 heavy (non-hydrogen) atoms.